The van der Waals surface area contributed by atoms with Crippen molar-refractivity contribution >= 4 is 11.9 Å². The number of amides is 1. The highest BCUT2D eigenvalue weighted by Gasteiger charge is 2.39. The fourth-order valence-corrected chi connectivity index (χ4v) is 2.61. The molecule has 3 atom stereocenters. The first-order valence-corrected chi connectivity index (χ1v) is 6.12. The van der Waals surface area contributed by atoms with Crippen LogP contribution >= 0.6 is 0 Å². The third kappa shape index (κ3) is 2.36. The molecule has 4 nitrogen and oxygen atoms in total. The second kappa shape index (κ2) is 4.44. The SMILES string of the molecule is CC1CCCC1C(=O)NC(C(=O)O)C1CC1. The number of carboxylic acids is 1. The Bertz CT molecular complexity index is 299. The Labute approximate surface area is 95.4 Å². The molecule has 0 aromatic heterocycles. The summed E-state index contributed by atoms with van der Waals surface area (Å²) in [7, 11) is 0. The van der Waals surface area contributed by atoms with Crippen molar-refractivity contribution in [2.24, 2.45) is 17.8 Å². The predicted molar refractivity (Wildman–Crippen MR) is 58.8 cm³/mol. The Morgan fingerprint density at radius 1 is 1.25 bits per heavy atom. The van der Waals surface area contributed by atoms with Crippen LogP contribution in [0.25, 0.3) is 0 Å². The first kappa shape index (κ1) is 11.4. The number of carbonyl (C=O) groups excluding carboxylic acids is 1. The van der Waals surface area contributed by atoms with Crippen LogP contribution < -0.4 is 5.32 Å². The summed E-state index contributed by atoms with van der Waals surface area (Å²) in [6.45, 7) is 2.07. The van der Waals surface area contributed by atoms with Gasteiger partial charge < -0.3 is 10.4 Å². The lowest BCUT2D eigenvalue weighted by Gasteiger charge is -2.19. The fourth-order valence-electron chi connectivity index (χ4n) is 2.61. The molecule has 2 rings (SSSR count). The minimum absolute atomic E-state index is 0.0283. The molecule has 3 unspecified atom stereocenters. The van der Waals surface area contributed by atoms with Crippen LogP contribution in [-0.4, -0.2) is 23.0 Å². The summed E-state index contributed by atoms with van der Waals surface area (Å²) in [4.78, 5) is 22.9. The maximum absolute atomic E-state index is 11.9. The molecular weight excluding hydrogens is 206 g/mol. The van der Waals surface area contributed by atoms with Gasteiger partial charge in [0, 0.05) is 5.92 Å². The zero-order chi connectivity index (χ0) is 11.7. The van der Waals surface area contributed by atoms with Gasteiger partial charge >= 0.3 is 5.97 Å². The Balaban J connectivity index is 1.92. The zero-order valence-corrected chi connectivity index (χ0v) is 9.61. The van der Waals surface area contributed by atoms with E-state index in [4.69, 9.17) is 5.11 Å². The number of rotatable bonds is 4. The lowest BCUT2D eigenvalue weighted by molar-refractivity contribution is -0.143. The van der Waals surface area contributed by atoms with Crippen LogP contribution in [0.3, 0.4) is 0 Å². The lowest BCUT2D eigenvalue weighted by Crippen LogP contribution is -2.45. The first-order valence-electron chi connectivity index (χ1n) is 6.12. The summed E-state index contributed by atoms with van der Waals surface area (Å²) < 4.78 is 0. The van der Waals surface area contributed by atoms with Crippen LogP contribution in [0.2, 0.25) is 0 Å². The van der Waals surface area contributed by atoms with E-state index in [0.717, 1.165) is 32.1 Å². The molecule has 2 aliphatic rings. The van der Waals surface area contributed by atoms with Gasteiger partial charge in [-0.1, -0.05) is 13.3 Å². The first-order chi connectivity index (χ1) is 7.59. The van der Waals surface area contributed by atoms with E-state index in [1.807, 2.05) is 0 Å². The van der Waals surface area contributed by atoms with Crippen LogP contribution in [0, 0.1) is 17.8 Å². The van der Waals surface area contributed by atoms with Gasteiger partial charge in [0.2, 0.25) is 5.91 Å². The van der Waals surface area contributed by atoms with E-state index in [1.54, 1.807) is 0 Å². The normalized spacial score (nSPS) is 31.1. The molecule has 0 aliphatic heterocycles. The number of aliphatic carboxylic acids is 1. The number of carbonyl (C=O) groups is 2. The largest absolute Gasteiger partial charge is 0.480 e. The third-order valence-corrected chi connectivity index (χ3v) is 3.86. The second-order valence-corrected chi connectivity index (χ2v) is 5.18. The number of nitrogens with one attached hydrogen (secondary N) is 1. The van der Waals surface area contributed by atoms with E-state index in [2.05, 4.69) is 12.2 Å². The molecule has 0 heterocycles. The molecule has 2 aliphatic carbocycles. The van der Waals surface area contributed by atoms with Crippen molar-refractivity contribution < 1.29 is 14.7 Å². The van der Waals surface area contributed by atoms with E-state index in [1.165, 1.54) is 0 Å². The van der Waals surface area contributed by atoms with Crippen molar-refractivity contribution in [2.45, 2.75) is 45.1 Å². The van der Waals surface area contributed by atoms with Crippen LogP contribution in [-0.2, 0) is 9.59 Å². The van der Waals surface area contributed by atoms with Gasteiger partial charge in [-0.3, -0.25) is 4.79 Å². The lowest BCUT2D eigenvalue weighted by atomic mass is 9.96. The minimum atomic E-state index is -0.887. The molecule has 16 heavy (non-hydrogen) atoms. The van der Waals surface area contributed by atoms with E-state index >= 15 is 0 Å². The highest BCUT2D eigenvalue weighted by atomic mass is 16.4. The number of carboxylic acid groups (broad SMARTS) is 1. The minimum Gasteiger partial charge on any atom is -0.480 e. The molecule has 2 N–H and O–H groups in total. The Morgan fingerprint density at radius 3 is 2.38 bits per heavy atom. The smallest absolute Gasteiger partial charge is 0.326 e. The molecule has 0 radical (unpaired) electrons. The summed E-state index contributed by atoms with van der Waals surface area (Å²) in [5, 5.41) is 11.7. The zero-order valence-electron chi connectivity index (χ0n) is 9.61. The van der Waals surface area contributed by atoms with Gasteiger partial charge in [0.05, 0.1) is 0 Å². The molecular formula is C12H19NO3. The average Bonchev–Trinajstić information content (AvgIpc) is 2.96. The van der Waals surface area contributed by atoms with E-state index in [-0.39, 0.29) is 17.7 Å². The van der Waals surface area contributed by atoms with Crippen molar-refractivity contribution in [3.05, 3.63) is 0 Å². The molecule has 0 aromatic carbocycles. The molecule has 0 saturated heterocycles. The highest BCUT2D eigenvalue weighted by Crippen LogP contribution is 2.35. The molecule has 1 amide bonds. The van der Waals surface area contributed by atoms with Gasteiger partial charge in [0.25, 0.3) is 0 Å². The molecule has 2 saturated carbocycles. The monoisotopic (exact) mass is 225 g/mol. The standard InChI is InChI=1S/C12H19NO3/c1-7-3-2-4-9(7)11(14)13-10(12(15)16)8-5-6-8/h7-10H,2-6H2,1H3,(H,13,14)(H,15,16). The summed E-state index contributed by atoms with van der Waals surface area (Å²) in [5.41, 5.74) is 0. The summed E-state index contributed by atoms with van der Waals surface area (Å²) in [6.07, 6.45) is 4.93. The maximum atomic E-state index is 11.9. The topological polar surface area (TPSA) is 66.4 Å². The highest BCUT2D eigenvalue weighted by molar-refractivity contribution is 5.85. The van der Waals surface area contributed by atoms with E-state index in [0.29, 0.717) is 5.92 Å². The predicted octanol–water partition coefficient (Wildman–Crippen LogP) is 1.40. The Morgan fingerprint density at radius 2 is 1.94 bits per heavy atom. The van der Waals surface area contributed by atoms with Crippen molar-refractivity contribution in [1.29, 1.82) is 0 Å². The molecule has 0 bridgehead atoms. The fraction of sp³-hybridized carbons (Fsp3) is 0.833. The molecule has 0 aromatic rings. The molecule has 90 valence electrons. The summed E-state index contributed by atoms with van der Waals surface area (Å²) in [6, 6.07) is -0.653. The van der Waals surface area contributed by atoms with Gasteiger partial charge in [0.1, 0.15) is 6.04 Å². The second-order valence-electron chi connectivity index (χ2n) is 5.18. The van der Waals surface area contributed by atoms with Crippen LogP contribution in [0.1, 0.15) is 39.0 Å². The van der Waals surface area contributed by atoms with Crippen LogP contribution in [0.5, 0.6) is 0 Å². The molecule has 2 fully saturated rings. The quantitative estimate of drug-likeness (QED) is 0.760. The van der Waals surface area contributed by atoms with Crippen molar-refractivity contribution in [1.82, 2.24) is 5.32 Å². The van der Waals surface area contributed by atoms with Gasteiger partial charge in [0.15, 0.2) is 0 Å². The molecule has 0 spiro atoms. The maximum Gasteiger partial charge on any atom is 0.326 e. The van der Waals surface area contributed by atoms with E-state index < -0.39 is 12.0 Å². The van der Waals surface area contributed by atoms with Crippen molar-refractivity contribution in [2.75, 3.05) is 0 Å². The van der Waals surface area contributed by atoms with Crippen molar-refractivity contribution in [3.63, 3.8) is 0 Å². The number of hydrogen-bond acceptors (Lipinski definition) is 2. The van der Waals surface area contributed by atoms with Gasteiger partial charge in [-0.25, -0.2) is 4.79 Å². The Kier molecular flexibility index (Phi) is 3.17. The number of hydrogen-bond donors (Lipinski definition) is 2. The average molecular weight is 225 g/mol. The summed E-state index contributed by atoms with van der Waals surface area (Å²) >= 11 is 0. The van der Waals surface area contributed by atoms with Crippen LogP contribution in [0.15, 0.2) is 0 Å². The molecule has 4 heteroatoms. The summed E-state index contributed by atoms with van der Waals surface area (Å²) in [5.74, 6) is -0.349. The van der Waals surface area contributed by atoms with E-state index in [9.17, 15) is 9.59 Å². The van der Waals surface area contributed by atoms with Crippen molar-refractivity contribution in [3.8, 4) is 0 Å². The Hall–Kier alpha value is -1.06. The third-order valence-electron chi connectivity index (χ3n) is 3.86. The van der Waals surface area contributed by atoms with Gasteiger partial charge in [-0.2, -0.15) is 0 Å². The van der Waals surface area contributed by atoms with Gasteiger partial charge in [-0.05, 0) is 37.5 Å². The van der Waals surface area contributed by atoms with Crippen LogP contribution in [0.4, 0.5) is 0 Å². The van der Waals surface area contributed by atoms with Gasteiger partial charge in [-0.15, -0.1) is 0 Å².